The first kappa shape index (κ1) is 15.4. The van der Waals surface area contributed by atoms with Crippen molar-refractivity contribution in [1.29, 1.82) is 0 Å². The van der Waals surface area contributed by atoms with Crippen molar-refractivity contribution in [3.8, 4) is 0 Å². The maximum atomic E-state index is 12.5. The summed E-state index contributed by atoms with van der Waals surface area (Å²) in [6.07, 6.45) is 3.43. The number of benzene rings is 1. The van der Waals surface area contributed by atoms with Gasteiger partial charge in [0.2, 0.25) is 5.91 Å². The minimum absolute atomic E-state index is 0.0589. The van der Waals surface area contributed by atoms with E-state index in [1.54, 1.807) is 0 Å². The highest BCUT2D eigenvalue weighted by Crippen LogP contribution is 2.18. The zero-order valence-corrected chi connectivity index (χ0v) is 12.5. The second-order valence-corrected chi connectivity index (χ2v) is 5.65. The molecule has 1 atom stereocenters. The lowest BCUT2D eigenvalue weighted by atomic mass is 10.0. The fourth-order valence-corrected chi connectivity index (χ4v) is 2.86. The van der Waals surface area contributed by atoms with E-state index in [0.29, 0.717) is 13.0 Å². The minimum Gasteiger partial charge on any atom is -0.352 e. The number of amides is 3. The van der Waals surface area contributed by atoms with Crippen LogP contribution >= 0.6 is 0 Å². The van der Waals surface area contributed by atoms with Gasteiger partial charge in [-0.3, -0.25) is 4.79 Å². The summed E-state index contributed by atoms with van der Waals surface area (Å²) in [7, 11) is 0. The smallest absolute Gasteiger partial charge is 0.312 e. The molecule has 0 saturated carbocycles. The molecule has 2 rings (SSSR count). The zero-order chi connectivity index (χ0) is 15.2. The molecule has 0 aliphatic carbocycles. The van der Waals surface area contributed by atoms with E-state index in [0.717, 1.165) is 36.9 Å². The number of hydrogen-bond acceptors (Lipinski definition) is 2. The second-order valence-electron chi connectivity index (χ2n) is 5.65. The Kier molecular flexibility index (Phi) is 5.20. The molecule has 1 heterocycles. The van der Waals surface area contributed by atoms with E-state index in [4.69, 9.17) is 5.73 Å². The lowest BCUT2D eigenvalue weighted by Crippen LogP contribution is -2.50. The lowest BCUT2D eigenvalue weighted by molar-refractivity contribution is -0.134. The predicted molar refractivity (Wildman–Crippen MR) is 81.8 cm³/mol. The van der Waals surface area contributed by atoms with Crippen LogP contribution in [0.5, 0.6) is 0 Å². The number of rotatable bonds is 4. The van der Waals surface area contributed by atoms with E-state index in [1.807, 2.05) is 36.1 Å². The van der Waals surface area contributed by atoms with Crippen LogP contribution in [0.2, 0.25) is 0 Å². The molecule has 1 aliphatic heterocycles. The fourth-order valence-electron chi connectivity index (χ4n) is 2.86. The van der Waals surface area contributed by atoms with Gasteiger partial charge in [-0.15, -0.1) is 0 Å². The standard InChI is InChI=1S/C16H23N3O2/c1-12-5-4-6-13(9-12)10-15(20)19-8-3-2-7-14(19)11-18-16(17)21/h4-6,9,14H,2-3,7-8,10-11H2,1H3,(H3,17,18,21). The molecule has 0 spiro atoms. The first-order valence-corrected chi connectivity index (χ1v) is 7.44. The largest absolute Gasteiger partial charge is 0.352 e. The molecule has 1 saturated heterocycles. The molecule has 114 valence electrons. The summed E-state index contributed by atoms with van der Waals surface area (Å²) < 4.78 is 0. The Labute approximate surface area is 125 Å². The van der Waals surface area contributed by atoms with Gasteiger partial charge >= 0.3 is 6.03 Å². The van der Waals surface area contributed by atoms with Crippen molar-refractivity contribution in [1.82, 2.24) is 10.2 Å². The van der Waals surface area contributed by atoms with Gasteiger partial charge in [-0.25, -0.2) is 4.79 Å². The van der Waals surface area contributed by atoms with Crippen LogP contribution in [0.4, 0.5) is 4.79 Å². The Morgan fingerprint density at radius 1 is 1.38 bits per heavy atom. The predicted octanol–water partition coefficient (Wildman–Crippen LogP) is 1.59. The molecule has 5 heteroatoms. The third kappa shape index (κ3) is 4.48. The van der Waals surface area contributed by atoms with E-state index in [2.05, 4.69) is 5.32 Å². The Hall–Kier alpha value is -2.04. The average Bonchev–Trinajstić information content (AvgIpc) is 2.45. The van der Waals surface area contributed by atoms with Crippen molar-refractivity contribution in [2.75, 3.05) is 13.1 Å². The number of carbonyl (C=O) groups is 2. The number of nitrogens with two attached hydrogens (primary N) is 1. The molecule has 1 aromatic rings. The first-order valence-electron chi connectivity index (χ1n) is 7.44. The average molecular weight is 289 g/mol. The summed E-state index contributed by atoms with van der Waals surface area (Å²) in [5.74, 6) is 0.122. The number of nitrogens with zero attached hydrogens (tertiary/aromatic N) is 1. The number of hydrogen-bond donors (Lipinski definition) is 2. The summed E-state index contributed by atoms with van der Waals surface area (Å²) >= 11 is 0. The lowest BCUT2D eigenvalue weighted by Gasteiger charge is -2.36. The topological polar surface area (TPSA) is 75.4 Å². The third-order valence-corrected chi connectivity index (χ3v) is 3.90. The van der Waals surface area contributed by atoms with Gasteiger partial charge in [0.05, 0.1) is 6.42 Å². The molecule has 1 aromatic carbocycles. The SMILES string of the molecule is Cc1cccc(CC(=O)N2CCCCC2CNC(N)=O)c1. The summed E-state index contributed by atoms with van der Waals surface area (Å²) in [5.41, 5.74) is 7.31. The van der Waals surface area contributed by atoms with Gasteiger partial charge in [-0.05, 0) is 31.7 Å². The number of likely N-dealkylation sites (tertiary alicyclic amines) is 1. The highest BCUT2D eigenvalue weighted by atomic mass is 16.2. The highest BCUT2D eigenvalue weighted by Gasteiger charge is 2.26. The van der Waals surface area contributed by atoms with Gasteiger partial charge in [0.1, 0.15) is 0 Å². The maximum Gasteiger partial charge on any atom is 0.312 e. The summed E-state index contributed by atoms with van der Waals surface area (Å²) in [6, 6.07) is 7.54. The number of piperidine rings is 1. The monoisotopic (exact) mass is 289 g/mol. The van der Waals surface area contributed by atoms with Crippen LogP contribution in [0.15, 0.2) is 24.3 Å². The highest BCUT2D eigenvalue weighted by molar-refractivity contribution is 5.79. The van der Waals surface area contributed by atoms with Crippen LogP contribution in [0.25, 0.3) is 0 Å². The van der Waals surface area contributed by atoms with Gasteiger partial charge in [-0.2, -0.15) is 0 Å². The van der Waals surface area contributed by atoms with E-state index in [-0.39, 0.29) is 11.9 Å². The van der Waals surface area contributed by atoms with E-state index < -0.39 is 6.03 Å². The van der Waals surface area contributed by atoms with E-state index in [1.165, 1.54) is 0 Å². The van der Waals surface area contributed by atoms with Crippen LogP contribution in [0, 0.1) is 6.92 Å². The van der Waals surface area contributed by atoms with Crippen LogP contribution < -0.4 is 11.1 Å². The molecular weight excluding hydrogens is 266 g/mol. The Morgan fingerprint density at radius 3 is 2.90 bits per heavy atom. The number of urea groups is 1. The number of primary amides is 1. The molecule has 0 bridgehead atoms. The zero-order valence-electron chi connectivity index (χ0n) is 12.5. The molecule has 1 unspecified atom stereocenters. The van der Waals surface area contributed by atoms with Crippen molar-refractivity contribution >= 4 is 11.9 Å². The van der Waals surface area contributed by atoms with Crippen molar-refractivity contribution in [3.05, 3.63) is 35.4 Å². The van der Waals surface area contributed by atoms with Crippen LogP contribution in [0.1, 0.15) is 30.4 Å². The van der Waals surface area contributed by atoms with Gasteiger partial charge in [0, 0.05) is 19.1 Å². The quantitative estimate of drug-likeness (QED) is 0.883. The number of carbonyl (C=O) groups excluding carboxylic acids is 2. The Balaban J connectivity index is 1.99. The maximum absolute atomic E-state index is 12.5. The molecular formula is C16H23N3O2. The Morgan fingerprint density at radius 2 is 2.19 bits per heavy atom. The van der Waals surface area contributed by atoms with Gasteiger partial charge in [0.25, 0.3) is 0 Å². The van der Waals surface area contributed by atoms with Crippen LogP contribution in [-0.2, 0) is 11.2 Å². The summed E-state index contributed by atoms with van der Waals surface area (Å²) in [5, 5.41) is 2.62. The molecule has 0 aromatic heterocycles. The molecule has 3 N–H and O–H groups in total. The molecule has 21 heavy (non-hydrogen) atoms. The summed E-state index contributed by atoms with van der Waals surface area (Å²) in [4.78, 5) is 25.3. The van der Waals surface area contributed by atoms with E-state index >= 15 is 0 Å². The van der Waals surface area contributed by atoms with Crippen LogP contribution in [-0.4, -0.2) is 36.0 Å². The first-order chi connectivity index (χ1) is 10.1. The minimum atomic E-state index is -0.536. The fraction of sp³-hybridized carbons (Fsp3) is 0.500. The summed E-state index contributed by atoms with van der Waals surface area (Å²) in [6.45, 7) is 3.22. The molecule has 1 fully saturated rings. The van der Waals surface area contributed by atoms with Gasteiger partial charge < -0.3 is 16.0 Å². The third-order valence-electron chi connectivity index (χ3n) is 3.90. The molecule has 0 radical (unpaired) electrons. The number of aryl methyl sites for hydroxylation is 1. The van der Waals surface area contributed by atoms with Gasteiger partial charge in [-0.1, -0.05) is 29.8 Å². The molecule has 3 amide bonds. The van der Waals surface area contributed by atoms with Crippen LogP contribution in [0.3, 0.4) is 0 Å². The van der Waals surface area contributed by atoms with E-state index in [9.17, 15) is 9.59 Å². The molecule has 1 aliphatic rings. The van der Waals surface area contributed by atoms with Crippen molar-refractivity contribution in [2.45, 2.75) is 38.6 Å². The normalized spacial score (nSPS) is 18.3. The number of nitrogens with one attached hydrogen (secondary N) is 1. The van der Waals surface area contributed by atoms with Crippen molar-refractivity contribution in [2.24, 2.45) is 5.73 Å². The Bertz CT molecular complexity index is 516. The van der Waals surface area contributed by atoms with Gasteiger partial charge in [0.15, 0.2) is 0 Å². The van der Waals surface area contributed by atoms with Crippen molar-refractivity contribution < 1.29 is 9.59 Å². The second kappa shape index (κ2) is 7.11. The molecule has 5 nitrogen and oxygen atoms in total. The van der Waals surface area contributed by atoms with Crippen molar-refractivity contribution in [3.63, 3.8) is 0 Å².